The fourth-order valence-corrected chi connectivity index (χ4v) is 27.3. The van der Waals surface area contributed by atoms with Gasteiger partial charge in [0.15, 0.2) is 0 Å². The third-order valence-corrected chi connectivity index (χ3v) is 20.8. The summed E-state index contributed by atoms with van der Waals surface area (Å²) in [6.07, 6.45) is 0. The molecule has 0 spiro atoms. The fraction of sp³-hybridized carbons (Fsp3) is 1.00. The minimum atomic E-state index is -0.878. The smallest absolute Gasteiger partial charge is 0.270 e. The average molecular weight is 224 g/mol. The van der Waals surface area contributed by atoms with Crippen LogP contribution in [0.15, 0.2) is 0 Å². The summed E-state index contributed by atoms with van der Waals surface area (Å²) in [4.78, 5) is 1.16. The largest absolute Gasteiger partial charge is 1.00 e. The summed E-state index contributed by atoms with van der Waals surface area (Å²) in [5, 5.41) is 0. The quantitative estimate of drug-likeness (QED) is 0.624. The molecule has 0 unspecified atom stereocenters. The second kappa shape index (κ2) is 5.36. The van der Waals surface area contributed by atoms with Gasteiger partial charge in [-0.05, 0) is 0 Å². The van der Waals surface area contributed by atoms with E-state index in [2.05, 4.69) is 52.4 Å². The summed E-state index contributed by atoms with van der Waals surface area (Å²) in [5.41, 5.74) is 0. The van der Waals surface area contributed by atoms with E-state index in [0.29, 0.717) is 0 Å². The molecule has 0 nitrogen and oxygen atoms in total. The van der Waals surface area contributed by atoms with Crippen LogP contribution in [0.5, 0.6) is 0 Å². The van der Waals surface area contributed by atoms with Crippen LogP contribution in [0.25, 0.3) is 0 Å². The van der Waals surface area contributed by atoms with Gasteiger partial charge in [0.05, 0.1) is 0 Å². The van der Waals surface area contributed by atoms with E-state index in [-0.39, 0.29) is 27.7 Å². The van der Waals surface area contributed by atoms with E-state index in [0.717, 1.165) is 4.79 Å². The number of hydrogen-bond acceptors (Lipinski definition) is 0. The molecule has 0 amide bonds. The third kappa shape index (κ3) is 5.63. The van der Waals surface area contributed by atoms with E-state index >= 15 is 0 Å². The van der Waals surface area contributed by atoms with Gasteiger partial charge in [0.25, 0.3) is 0 Å². The molecule has 0 N–H and O–H groups in total. The van der Waals surface area contributed by atoms with Crippen LogP contribution in [0.4, 0.5) is 0 Å². The molecule has 4 heteroatoms. The number of rotatable bonds is 3. The summed E-state index contributed by atoms with van der Waals surface area (Å²) in [6, 6.07) is 0. The third-order valence-electron chi connectivity index (χ3n) is 2.31. The topological polar surface area (TPSA) is 0 Å². The Kier molecular flexibility index (Phi) is 6.88. The van der Waals surface area contributed by atoms with Crippen LogP contribution in [0.2, 0.25) is 57.2 Å². The first kappa shape index (κ1) is 16.7. The average Bonchev–Trinajstić information content (AvgIpc) is 1.49. The first-order chi connectivity index (χ1) is 5.07. The van der Waals surface area contributed by atoms with Crippen molar-refractivity contribution in [2.45, 2.75) is 57.2 Å². The first-order valence-corrected chi connectivity index (χ1v) is 14.6. The van der Waals surface area contributed by atoms with Crippen molar-refractivity contribution in [3.05, 3.63) is 0 Å². The van der Waals surface area contributed by atoms with Gasteiger partial charge < -0.3 is 0 Å². The van der Waals surface area contributed by atoms with Crippen molar-refractivity contribution in [3.8, 4) is 0 Å². The van der Waals surface area contributed by atoms with Gasteiger partial charge in [-0.3, -0.25) is 8.80 Å². The molecule has 0 bridgehead atoms. The summed E-state index contributed by atoms with van der Waals surface area (Å²) >= 11 is 0. The van der Waals surface area contributed by atoms with Crippen LogP contribution in [0, 0.1) is 0 Å². The minimum Gasteiger partial charge on any atom is -0.270 e. The van der Waals surface area contributed by atoms with E-state index in [9.17, 15) is 0 Å². The Balaban J connectivity index is 0. The zero-order valence-corrected chi connectivity index (χ0v) is 14.1. The van der Waals surface area contributed by atoms with Gasteiger partial charge in [0, 0.05) is 16.1 Å². The Morgan fingerprint density at radius 2 is 1.00 bits per heavy atom. The van der Waals surface area contributed by atoms with Crippen molar-refractivity contribution >= 4 is 24.9 Å². The molecule has 74 valence electrons. The Morgan fingerprint density at radius 1 is 0.769 bits per heavy atom. The summed E-state index contributed by atoms with van der Waals surface area (Å²) in [6.45, 7) is 20.3. The fourth-order valence-electron chi connectivity index (χ4n) is 3.03. The van der Waals surface area contributed by atoms with Gasteiger partial charge in [0.2, 0.25) is 0 Å². The van der Waals surface area contributed by atoms with Crippen molar-refractivity contribution in [2.24, 2.45) is 0 Å². The SMILES string of the molecule is C[Si-](C)C([Si](C)(C)C)[Si](C)(C)C.[Li+]. The Hall–Kier alpha value is 1.25. The molecule has 0 aromatic rings. The molecule has 0 rings (SSSR count). The molecule has 0 aromatic carbocycles. The molecule has 0 aliphatic heterocycles. The van der Waals surface area contributed by atoms with Gasteiger partial charge in [0.1, 0.15) is 0 Å². The Morgan fingerprint density at radius 3 is 1.00 bits per heavy atom. The second-order valence-corrected chi connectivity index (χ2v) is 21.3. The zero-order chi connectivity index (χ0) is 10.2. The second-order valence-electron chi connectivity index (χ2n) is 6.24. The van der Waals surface area contributed by atoms with Crippen molar-refractivity contribution < 1.29 is 18.9 Å². The van der Waals surface area contributed by atoms with E-state index < -0.39 is 16.1 Å². The molecule has 0 atom stereocenters. The summed E-state index contributed by atoms with van der Waals surface area (Å²) in [5.74, 6) is 0. The van der Waals surface area contributed by atoms with E-state index in [1.54, 1.807) is 0 Å². The first-order valence-electron chi connectivity index (χ1n) is 4.87. The Bertz CT molecular complexity index is 130. The minimum absolute atomic E-state index is 0. The van der Waals surface area contributed by atoms with Crippen LogP contribution in [-0.4, -0.2) is 24.9 Å². The molecule has 0 radical (unpaired) electrons. The van der Waals surface area contributed by atoms with Gasteiger partial charge in [-0.1, -0.05) is 39.3 Å². The van der Waals surface area contributed by atoms with Gasteiger partial charge in [-0.25, -0.2) is 0 Å². The molecule has 0 aromatic heterocycles. The maximum Gasteiger partial charge on any atom is 1.00 e. The number of hydrogen-bond donors (Lipinski definition) is 0. The van der Waals surface area contributed by atoms with Gasteiger partial charge >= 0.3 is 18.9 Å². The van der Waals surface area contributed by atoms with Crippen molar-refractivity contribution in [1.29, 1.82) is 0 Å². The van der Waals surface area contributed by atoms with Crippen LogP contribution < -0.4 is 18.9 Å². The molecule has 0 aliphatic rings. The van der Waals surface area contributed by atoms with Crippen LogP contribution in [-0.2, 0) is 0 Å². The summed E-state index contributed by atoms with van der Waals surface area (Å²) < 4.78 is 0. The maximum absolute atomic E-state index is 2.55. The van der Waals surface area contributed by atoms with E-state index in [4.69, 9.17) is 0 Å². The van der Waals surface area contributed by atoms with Crippen LogP contribution in [0.1, 0.15) is 0 Å². The standard InChI is InChI=1S/C9H25Si3.Li/c1-10(2)9(11(3,4)5)12(6,7)8;/h9H,1-8H3;/q-1;+1. The molecule has 0 heterocycles. The molecule has 0 saturated carbocycles. The zero-order valence-electron chi connectivity index (χ0n) is 11.1. The van der Waals surface area contributed by atoms with E-state index in [1.807, 2.05) is 0 Å². The van der Waals surface area contributed by atoms with Gasteiger partial charge in [-0.2, -0.15) is 17.9 Å². The van der Waals surface area contributed by atoms with E-state index in [1.165, 1.54) is 0 Å². The predicted octanol–water partition coefficient (Wildman–Crippen LogP) is 0.870. The summed E-state index contributed by atoms with van der Waals surface area (Å²) in [7, 11) is -1.82. The molecular formula is C9H25LiSi3. The molecule has 13 heavy (non-hydrogen) atoms. The van der Waals surface area contributed by atoms with Crippen LogP contribution >= 0.6 is 0 Å². The van der Waals surface area contributed by atoms with Crippen molar-refractivity contribution in [1.82, 2.24) is 0 Å². The van der Waals surface area contributed by atoms with Crippen molar-refractivity contribution in [2.75, 3.05) is 0 Å². The Labute approximate surface area is 101 Å². The monoisotopic (exact) mass is 224 g/mol. The van der Waals surface area contributed by atoms with Crippen molar-refractivity contribution in [3.63, 3.8) is 0 Å². The molecule has 0 fully saturated rings. The van der Waals surface area contributed by atoms with Crippen LogP contribution in [0.3, 0.4) is 0 Å². The predicted molar refractivity (Wildman–Crippen MR) is 67.9 cm³/mol. The normalized spacial score (nSPS) is 13.4. The molecule has 0 saturated heterocycles. The molecular weight excluding hydrogens is 199 g/mol. The molecule has 0 aliphatic carbocycles. The van der Waals surface area contributed by atoms with Gasteiger partial charge in [-0.15, -0.1) is 0 Å². The maximum atomic E-state index is 2.55.